The van der Waals surface area contributed by atoms with Gasteiger partial charge < -0.3 is 10.5 Å². The summed E-state index contributed by atoms with van der Waals surface area (Å²) in [6.07, 6.45) is 0.439. The molecule has 0 heterocycles. The summed E-state index contributed by atoms with van der Waals surface area (Å²) < 4.78 is 5.70. The molecule has 0 spiro atoms. The highest BCUT2D eigenvalue weighted by Crippen LogP contribution is 2.17. The van der Waals surface area contributed by atoms with Crippen LogP contribution in [-0.2, 0) is 0 Å². The Morgan fingerprint density at radius 1 is 1.56 bits per heavy atom. The van der Waals surface area contributed by atoms with Crippen LogP contribution in [0, 0.1) is 18.3 Å². The lowest BCUT2D eigenvalue weighted by Crippen LogP contribution is -2.38. The smallest absolute Gasteiger partial charge is 0.119 e. The van der Waals surface area contributed by atoms with Crippen molar-refractivity contribution in [2.24, 2.45) is 5.73 Å². The van der Waals surface area contributed by atoms with Gasteiger partial charge in [0.1, 0.15) is 11.3 Å². The lowest BCUT2D eigenvalue weighted by Gasteiger charge is -2.21. The van der Waals surface area contributed by atoms with Crippen molar-refractivity contribution in [3.8, 4) is 11.8 Å². The third kappa shape index (κ3) is 3.92. The fraction of sp³-hybridized carbons (Fsp3) is 0.462. The van der Waals surface area contributed by atoms with E-state index < -0.39 is 5.54 Å². The zero-order valence-corrected chi connectivity index (χ0v) is 10.0. The van der Waals surface area contributed by atoms with Crippen molar-refractivity contribution >= 4 is 0 Å². The molecule has 2 N–H and O–H groups in total. The molecule has 0 saturated heterocycles. The predicted molar refractivity (Wildman–Crippen MR) is 64.1 cm³/mol. The fourth-order valence-electron chi connectivity index (χ4n) is 1.61. The molecule has 1 rings (SSSR count). The second kappa shape index (κ2) is 5.00. The van der Waals surface area contributed by atoms with E-state index in [9.17, 15) is 0 Å². The summed E-state index contributed by atoms with van der Waals surface area (Å²) in [6, 6.07) is 9.90. The molecule has 16 heavy (non-hydrogen) atoms. The van der Waals surface area contributed by atoms with Gasteiger partial charge in [0, 0.05) is 6.42 Å². The maximum Gasteiger partial charge on any atom is 0.119 e. The zero-order valence-electron chi connectivity index (χ0n) is 10.0. The van der Waals surface area contributed by atoms with Gasteiger partial charge in [-0.05, 0) is 38.5 Å². The normalized spacial score (nSPS) is 15.9. The van der Waals surface area contributed by atoms with Gasteiger partial charge in [-0.3, -0.25) is 0 Å². The number of benzene rings is 1. The van der Waals surface area contributed by atoms with Gasteiger partial charge in [0.15, 0.2) is 0 Å². The Labute approximate surface area is 96.8 Å². The van der Waals surface area contributed by atoms with Gasteiger partial charge in [0.2, 0.25) is 0 Å². The molecule has 0 bridgehead atoms. The number of nitriles is 1. The average molecular weight is 218 g/mol. The van der Waals surface area contributed by atoms with Crippen LogP contribution in [-0.4, -0.2) is 11.6 Å². The van der Waals surface area contributed by atoms with Gasteiger partial charge in [0.25, 0.3) is 0 Å². The monoisotopic (exact) mass is 218 g/mol. The second-order valence-corrected chi connectivity index (χ2v) is 4.48. The molecule has 0 fully saturated rings. The van der Waals surface area contributed by atoms with E-state index in [0.29, 0.717) is 6.42 Å². The molecule has 86 valence electrons. The summed E-state index contributed by atoms with van der Waals surface area (Å²) in [7, 11) is 0. The minimum atomic E-state index is -0.830. The highest BCUT2D eigenvalue weighted by molar-refractivity contribution is 5.27. The van der Waals surface area contributed by atoms with E-state index in [0.717, 1.165) is 11.3 Å². The van der Waals surface area contributed by atoms with Crippen molar-refractivity contribution in [2.45, 2.75) is 38.8 Å². The van der Waals surface area contributed by atoms with Crippen LogP contribution in [0.4, 0.5) is 0 Å². The molecule has 1 aromatic rings. The Bertz CT molecular complexity index is 393. The first-order chi connectivity index (χ1) is 7.43. The Hall–Kier alpha value is -1.53. The molecule has 0 aromatic heterocycles. The molecule has 0 aliphatic heterocycles. The van der Waals surface area contributed by atoms with Gasteiger partial charge in [-0.1, -0.05) is 12.1 Å². The van der Waals surface area contributed by atoms with Crippen molar-refractivity contribution in [3.05, 3.63) is 29.8 Å². The molecule has 1 aromatic carbocycles. The van der Waals surface area contributed by atoms with Crippen molar-refractivity contribution in [2.75, 3.05) is 0 Å². The van der Waals surface area contributed by atoms with Gasteiger partial charge >= 0.3 is 0 Å². The first-order valence-corrected chi connectivity index (χ1v) is 5.36. The molecule has 0 amide bonds. The van der Waals surface area contributed by atoms with E-state index in [4.69, 9.17) is 15.7 Å². The lowest BCUT2D eigenvalue weighted by molar-refractivity contribution is 0.191. The van der Waals surface area contributed by atoms with Crippen LogP contribution in [0.5, 0.6) is 5.75 Å². The van der Waals surface area contributed by atoms with Crippen molar-refractivity contribution < 1.29 is 4.74 Å². The number of ether oxygens (including phenoxy) is 1. The number of nitrogens with zero attached hydrogens (tertiary/aromatic N) is 1. The van der Waals surface area contributed by atoms with Gasteiger partial charge in [-0.25, -0.2) is 0 Å². The summed E-state index contributed by atoms with van der Waals surface area (Å²) in [4.78, 5) is 0. The quantitative estimate of drug-likeness (QED) is 0.844. The van der Waals surface area contributed by atoms with Crippen LogP contribution in [0.3, 0.4) is 0 Å². The summed E-state index contributed by atoms with van der Waals surface area (Å²) in [5, 5.41) is 8.82. The first-order valence-electron chi connectivity index (χ1n) is 5.36. The maximum atomic E-state index is 8.82. The second-order valence-electron chi connectivity index (χ2n) is 4.48. The lowest BCUT2D eigenvalue weighted by atomic mass is 9.98. The molecule has 0 aliphatic rings. The predicted octanol–water partition coefficient (Wildman–Crippen LogP) is 2.39. The summed E-state index contributed by atoms with van der Waals surface area (Å²) >= 11 is 0. The van der Waals surface area contributed by atoms with Crippen LogP contribution in [0.15, 0.2) is 24.3 Å². The standard InChI is InChI=1S/C13H18N2O/c1-10-5-4-6-12(7-10)16-11(2)8-13(3,15)9-14/h4-7,11H,8,15H2,1-3H3. The van der Waals surface area contributed by atoms with Gasteiger partial charge in [0.05, 0.1) is 12.2 Å². The Morgan fingerprint density at radius 3 is 2.81 bits per heavy atom. The maximum absolute atomic E-state index is 8.82. The Kier molecular flexibility index (Phi) is 3.92. The van der Waals surface area contributed by atoms with E-state index in [1.54, 1.807) is 6.92 Å². The van der Waals surface area contributed by atoms with Crippen LogP contribution < -0.4 is 10.5 Å². The summed E-state index contributed by atoms with van der Waals surface area (Å²) in [5.41, 5.74) is 6.08. The Morgan fingerprint density at radius 2 is 2.25 bits per heavy atom. The Balaban J connectivity index is 2.59. The largest absolute Gasteiger partial charge is 0.491 e. The number of hydrogen-bond donors (Lipinski definition) is 1. The molecular weight excluding hydrogens is 200 g/mol. The van der Waals surface area contributed by atoms with Gasteiger partial charge in [-0.15, -0.1) is 0 Å². The van der Waals surface area contributed by atoms with Crippen LogP contribution in [0.25, 0.3) is 0 Å². The molecular formula is C13H18N2O. The van der Waals surface area contributed by atoms with Crippen LogP contribution >= 0.6 is 0 Å². The topological polar surface area (TPSA) is 59.0 Å². The van der Waals surface area contributed by atoms with E-state index >= 15 is 0 Å². The van der Waals surface area contributed by atoms with Crippen molar-refractivity contribution in [1.82, 2.24) is 0 Å². The summed E-state index contributed by atoms with van der Waals surface area (Å²) in [6.45, 7) is 5.65. The van der Waals surface area contributed by atoms with E-state index in [-0.39, 0.29) is 6.10 Å². The van der Waals surface area contributed by atoms with Crippen LogP contribution in [0.2, 0.25) is 0 Å². The van der Waals surface area contributed by atoms with E-state index in [1.807, 2.05) is 38.1 Å². The number of hydrogen-bond acceptors (Lipinski definition) is 3. The molecule has 2 atom stereocenters. The average Bonchev–Trinajstić information content (AvgIpc) is 2.16. The van der Waals surface area contributed by atoms with E-state index in [2.05, 4.69) is 6.07 Å². The SMILES string of the molecule is Cc1cccc(OC(C)CC(C)(N)C#N)c1. The highest BCUT2D eigenvalue weighted by atomic mass is 16.5. The minimum Gasteiger partial charge on any atom is -0.491 e. The fourth-order valence-corrected chi connectivity index (χ4v) is 1.61. The number of nitrogens with two attached hydrogens (primary N) is 1. The molecule has 2 unspecified atom stereocenters. The molecule has 0 saturated carbocycles. The highest BCUT2D eigenvalue weighted by Gasteiger charge is 2.21. The van der Waals surface area contributed by atoms with E-state index in [1.165, 1.54) is 0 Å². The first kappa shape index (κ1) is 12.5. The van der Waals surface area contributed by atoms with Crippen LogP contribution in [0.1, 0.15) is 25.8 Å². The zero-order chi connectivity index (χ0) is 12.2. The van der Waals surface area contributed by atoms with Crippen molar-refractivity contribution in [1.29, 1.82) is 5.26 Å². The summed E-state index contributed by atoms with van der Waals surface area (Å²) in [5.74, 6) is 0.821. The molecule has 0 radical (unpaired) electrons. The molecule has 3 heteroatoms. The molecule has 3 nitrogen and oxygen atoms in total. The number of rotatable bonds is 4. The molecule has 0 aliphatic carbocycles. The third-order valence-electron chi connectivity index (χ3n) is 2.29. The minimum absolute atomic E-state index is 0.0727. The third-order valence-corrected chi connectivity index (χ3v) is 2.29. The number of aryl methyl sites for hydroxylation is 1. The van der Waals surface area contributed by atoms with Crippen molar-refractivity contribution in [3.63, 3.8) is 0 Å². The van der Waals surface area contributed by atoms with Gasteiger partial charge in [-0.2, -0.15) is 5.26 Å².